The van der Waals surface area contributed by atoms with Crippen molar-refractivity contribution in [3.8, 4) is 11.5 Å². The van der Waals surface area contributed by atoms with E-state index in [1.165, 1.54) is 17.7 Å². The summed E-state index contributed by atoms with van der Waals surface area (Å²) in [5.41, 5.74) is 0.977. The molecular weight excluding hydrogens is 296 g/mol. The molecule has 3 aromatic rings. The zero-order chi connectivity index (χ0) is 13.5. The summed E-state index contributed by atoms with van der Waals surface area (Å²) in [4.78, 5) is 9.14. The molecular formula is C14H9ClN2O2S. The van der Waals surface area contributed by atoms with Crippen LogP contribution in [0.25, 0.3) is 10.2 Å². The van der Waals surface area contributed by atoms with Gasteiger partial charge in [0, 0.05) is 10.9 Å². The SMILES string of the molecule is Clc1ncnc2scc([C@H]3COc4ccccc4O3)c12. The van der Waals surface area contributed by atoms with Crippen LogP contribution < -0.4 is 9.47 Å². The number of benzene rings is 1. The van der Waals surface area contributed by atoms with Crippen molar-refractivity contribution in [3.05, 3.63) is 46.7 Å². The lowest BCUT2D eigenvalue weighted by molar-refractivity contribution is 0.0925. The summed E-state index contributed by atoms with van der Waals surface area (Å²) >= 11 is 7.71. The van der Waals surface area contributed by atoms with Gasteiger partial charge in [0.25, 0.3) is 0 Å². The van der Waals surface area contributed by atoms with Gasteiger partial charge in [-0.25, -0.2) is 9.97 Å². The number of halogens is 1. The van der Waals surface area contributed by atoms with E-state index in [-0.39, 0.29) is 6.10 Å². The van der Waals surface area contributed by atoms with Crippen molar-refractivity contribution in [1.82, 2.24) is 9.97 Å². The fraction of sp³-hybridized carbons (Fsp3) is 0.143. The summed E-state index contributed by atoms with van der Waals surface area (Å²) in [6.07, 6.45) is 1.28. The summed E-state index contributed by atoms with van der Waals surface area (Å²) in [5.74, 6) is 1.52. The van der Waals surface area contributed by atoms with Crippen LogP contribution in [0.1, 0.15) is 11.7 Å². The molecule has 1 aromatic carbocycles. The maximum atomic E-state index is 6.18. The molecule has 0 N–H and O–H groups in total. The van der Waals surface area contributed by atoms with Crippen LogP contribution in [0.4, 0.5) is 0 Å². The van der Waals surface area contributed by atoms with Gasteiger partial charge >= 0.3 is 0 Å². The van der Waals surface area contributed by atoms with Gasteiger partial charge in [-0.3, -0.25) is 0 Å². The number of aromatic nitrogens is 2. The molecule has 0 saturated carbocycles. The van der Waals surface area contributed by atoms with E-state index in [1.807, 2.05) is 29.6 Å². The first kappa shape index (κ1) is 11.9. The Morgan fingerprint density at radius 2 is 2.05 bits per heavy atom. The molecule has 0 amide bonds. The van der Waals surface area contributed by atoms with Crippen LogP contribution in [0.2, 0.25) is 5.15 Å². The molecule has 0 radical (unpaired) electrons. The van der Waals surface area contributed by atoms with Gasteiger partial charge in [-0.1, -0.05) is 23.7 Å². The van der Waals surface area contributed by atoms with E-state index in [0.717, 1.165) is 27.3 Å². The van der Waals surface area contributed by atoms with Crippen LogP contribution in [0.3, 0.4) is 0 Å². The fourth-order valence-electron chi connectivity index (χ4n) is 2.27. The second kappa shape index (κ2) is 4.61. The number of fused-ring (bicyclic) bond motifs is 2. The molecule has 3 heterocycles. The van der Waals surface area contributed by atoms with Crippen molar-refractivity contribution in [2.75, 3.05) is 6.61 Å². The first-order valence-electron chi connectivity index (χ1n) is 6.09. The summed E-state index contributed by atoms with van der Waals surface area (Å²) in [6, 6.07) is 7.64. The van der Waals surface area contributed by atoms with Crippen LogP contribution >= 0.6 is 22.9 Å². The fourth-order valence-corrected chi connectivity index (χ4v) is 3.52. The monoisotopic (exact) mass is 304 g/mol. The Labute approximate surface area is 124 Å². The highest BCUT2D eigenvalue weighted by molar-refractivity contribution is 7.17. The first-order valence-corrected chi connectivity index (χ1v) is 7.35. The third kappa shape index (κ3) is 1.82. The third-order valence-electron chi connectivity index (χ3n) is 3.21. The Morgan fingerprint density at radius 3 is 2.95 bits per heavy atom. The maximum absolute atomic E-state index is 6.18. The summed E-state index contributed by atoms with van der Waals surface area (Å²) in [7, 11) is 0. The van der Waals surface area contributed by atoms with E-state index in [9.17, 15) is 0 Å². The van der Waals surface area contributed by atoms with Crippen LogP contribution in [-0.2, 0) is 0 Å². The molecule has 0 unspecified atom stereocenters. The minimum atomic E-state index is -0.192. The number of rotatable bonds is 1. The molecule has 4 rings (SSSR count). The molecule has 1 aliphatic heterocycles. The molecule has 0 saturated heterocycles. The van der Waals surface area contributed by atoms with Gasteiger partial charge in [0.2, 0.25) is 0 Å². The molecule has 100 valence electrons. The van der Waals surface area contributed by atoms with Gasteiger partial charge in [-0.15, -0.1) is 11.3 Å². The second-order valence-corrected chi connectivity index (χ2v) is 5.62. The lowest BCUT2D eigenvalue weighted by Crippen LogP contribution is -2.21. The lowest BCUT2D eigenvalue weighted by Gasteiger charge is -2.26. The number of thiophene rings is 1. The van der Waals surface area contributed by atoms with E-state index in [2.05, 4.69) is 9.97 Å². The maximum Gasteiger partial charge on any atom is 0.162 e. The molecule has 4 nitrogen and oxygen atoms in total. The molecule has 0 spiro atoms. The molecule has 20 heavy (non-hydrogen) atoms. The topological polar surface area (TPSA) is 44.2 Å². The number of hydrogen-bond donors (Lipinski definition) is 0. The van der Waals surface area contributed by atoms with Crippen LogP contribution in [0.15, 0.2) is 36.0 Å². The predicted octanol–water partition coefficient (Wildman–Crippen LogP) is 3.86. The van der Waals surface area contributed by atoms with E-state index < -0.39 is 0 Å². The van der Waals surface area contributed by atoms with Gasteiger partial charge in [0.1, 0.15) is 22.9 Å². The molecule has 0 fully saturated rings. The van der Waals surface area contributed by atoms with Crippen molar-refractivity contribution in [2.24, 2.45) is 0 Å². The predicted molar refractivity (Wildman–Crippen MR) is 77.7 cm³/mol. The Hall–Kier alpha value is -1.85. The van der Waals surface area contributed by atoms with E-state index in [4.69, 9.17) is 21.1 Å². The Bertz CT molecular complexity index is 790. The standard InChI is InChI=1S/C14H9ClN2O2S/c15-13-12-8(6-20-14(12)17-7-16-13)11-5-18-9-3-1-2-4-10(9)19-11/h1-4,6-7,11H,5H2/t11-/m1/s1. The number of ether oxygens (including phenoxy) is 2. The van der Waals surface area contributed by atoms with E-state index >= 15 is 0 Å². The third-order valence-corrected chi connectivity index (χ3v) is 4.40. The zero-order valence-corrected chi connectivity index (χ0v) is 11.8. The van der Waals surface area contributed by atoms with Crippen LogP contribution in [0, 0.1) is 0 Å². The summed E-state index contributed by atoms with van der Waals surface area (Å²) in [6.45, 7) is 0.452. The minimum Gasteiger partial charge on any atom is -0.485 e. The molecule has 6 heteroatoms. The molecule has 0 bridgehead atoms. The molecule has 2 aromatic heterocycles. The summed E-state index contributed by atoms with van der Waals surface area (Å²) < 4.78 is 11.8. The molecule has 1 atom stereocenters. The van der Waals surface area contributed by atoms with Crippen molar-refractivity contribution in [3.63, 3.8) is 0 Å². The number of nitrogens with zero attached hydrogens (tertiary/aromatic N) is 2. The average molecular weight is 305 g/mol. The van der Waals surface area contributed by atoms with Gasteiger partial charge in [0.15, 0.2) is 17.6 Å². The normalized spacial score (nSPS) is 17.4. The van der Waals surface area contributed by atoms with Crippen molar-refractivity contribution < 1.29 is 9.47 Å². The van der Waals surface area contributed by atoms with Crippen molar-refractivity contribution in [2.45, 2.75) is 6.10 Å². The van der Waals surface area contributed by atoms with Crippen molar-refractivity contribution >= 4 is 33.2 Å². The quantitative estimate of drug-likeness (QED) is 0.640. The Morgan fingerprint density at radius 1 is 1.20 bits per heavy atom. The van der Waals surface area contributed by atoms with Gasteiger partial charge in [-0.2, -0.15) is 0 Å². The van der Waals surface area contributed by atoms with Crippen LogP contribution in [0.5, 0.6) is 11.5 Å². The second-order valence-electron chi connectivity index (χ2n) is 4.40. The smallest absolute Gasteiger partial charge is 0.162 e. The minimum absolute atomic E-state index is 0.192. The van der Waals surface area contributed by atoms with Gasteiger partial charge < -0.3 is 9.47 Å². The molecule has 1 aliphatic rings. The van der Waals surface area contributed by atoms with E-state index in [0.29, 0.717) is 11.8 Å². The summed E-state index contributed by atoms with van der Waals surface area (Å²) in [5, 5.41) is 3.31. The van der Waals surface area contributed by atoms with Gasteiger partial charge in [-0.05, 0) is 12.1 Å². The van der Waals surface area contributed by atoms with Gasteiger partial charge in [0.05, 0.1) is 5.39 Å². The zero-order valence-electron chi connectivity index (χ0n) is 10.2. The highest BCUT2D eigenvalue weighted by Gasteiger charge is 2.26. The highest BCUT2D eigenvalue weighted by atomic mass is 35.5. The number of para-hydroxylation sites is 2. The first-order chi connectivity index (χ1) is 9.83. The lowest BCUT2D eigenvalue weighted by atomic mass is 10.1. The molecule has 0 aliphatic carbocycles. The largest absolute Gasteiger partial charge is 0.485 e. The number of hydrogen-bond acceptors (Lipinski definition) is 5. The average Bonchev–Trinajstić information content (AvgIpc) is 2.92. The van der Waals surface area contributed by atoms with Crippen molar-refractivity contribution in [1.29, 1.82) is 0 Å². The Balaban J connectivity index is 1.78. The van der Waals surface area contributed by atoms with Crippen LogP contribution in [-0.4, -0.2) is 16.6 Å². The highest BCUT2D eigenvalue weighted by Crippen LogP contribution is 2.40. The van der Waals surface area contributed by atoms with E-state index in [1.54, 1.807) is 0 Å². The Kier molecular flexibility index (Phi) is 2.75.